The van der Waals surface area contributed by atoms with Crippen LogP contribution < -0.4 is 11.5 Å². The quantitative estimate of drug-likeness (QED) is 0.660. The smallest absolute Gasteiger partial charge is 0.191 e. The fraction of sp³-hybridized carbons (Fsp3) is 0.143. The Bertz CT molecular complexity index is 608. The molecule has 0 aliphatic rings. The van der Waals surface area contributed by atoms with Crippen LogP contribution in [0, 0.1) is 13.8 Å². The van der Waals surface area contributed by atoms with Crippen molar-refractivity contribution in [1.82, 2.24) is 4.98 Å². The zero-order valence-electron chi connectivity index (χ0n) is 11.3. The Kier molecular flexibility index (Phi) is 7.04. The Morgan fingerprint density at radius 3 is 2.35 bits per heavy atom. The molecule has 20 heavy (non-hydrogen) atoms. The number of halogens is 2. The van der Waals surface area contributed by atoms with Crippen molar-refractivity contribution < 1.29 is 0 Å². The summed E-state index contributed by atoms with van der Waals surface area (Å²) in [5.74, 6) is 0.0625. The normalized spacial score (nSPS) is 9.10. The highest BCUT2D eigenvalue weighted by Crippen LogP contribution is 2.26. The van der Waals surface area contributed by atoms with Crippen molar-refractivity contribution in [3.8, 4) is 11.3 Å². The molecular weight excluding hydrogens is 295 g/mol. The molecule has 0 aliphatic heterocycles. The number of rotatable bonds is 2. The van der Waals surface area contributed by atoms with Gasteiger partial charge in [0, 0.05) is 11.8 Å². The molecule has 6 heteroatoms. The number of nitrogens with zero attached hydrogens (tertiary/aromatic N) is 2. The van der Waals surface area contributed by atoms with E-state index >= 15 is 0 Å². The zero-order valence-corrected chi connectivity index (χ0v) is 13.0. The molecule has 0 atom stereocenters. The van der Waals surface area contributed by atoms with E-state index in [1.807, 2.05) is 44.2 Å². The van der Waals surface area contributed by atoms with Gasteiger partial charge in [-0.15, -0.1) is 24.8 Å². The molecule has 2 rings (SSSR count). The van der Waals surface area contributed by atoms with Crippen LogP contribution in [0.3, 0.4) is 0 Å². The van der Waals surface area contributed by atoms with Gasteiger partial charge in [-0.2, -0.15) is 0 Å². The van der Waals surface area contributed by atoms with Crippen molar-refractivity contribution in [1.29, 1.82) is 0 Å². The lowest BCUT2D eigenvalue weighted by Crippen LogP contribution is -2.22. The average Bonchev–Trinajstić information content (AvgIpc) is 2.31. The first-order chi connectivity index (χ1) is 8.56. The lowest BCUT2D eigenvalue weighted by molar-refractivity contribution is 1.28. The predicted molar refractivity (Wildman–Crippen MR) is 89.1 cm³/mol. The van der Waals surface area contributed by atoms with Gasteiger partial charge in [0.05, 0.1) is 11.4 Å². The van der Waals surface area contributed by atoms with Crippen molar-refractivity contribution in [2.24, 2.45) is 16.5 Å². The Morgan fingerprint density at radius 1 is 1.05 bits per heavy atom. The molecule has 1 heterocycles. The SMILES string of the molecule is Cc1ccnc(-c2ccc(C)c(N=C(N)N)c2)c1.Cl.Cl. The zero-order chi connectivity index (χ0) is 13.1. The van der Waals surface area contributed by atoms with E-state index in [0.29, 0.717) is 0 Å². The van der Waals surface area contributed by atoms with E-state index in [1.54, 1.807) is 6.20 Å². The maximum atomic E-state index is 5.42. The van der Waals surface area contributed by atoms with E-state index in [4.69, 9.17) is 11.5 Å². The van der Waals surface area contributed by atoms with Crippen molar-refractivity contribution in [2.45, 2.75) is 13.8 Å². The number of pyridine rings is 1. The van der Waals surface area contributed by atoms with Crippen molar-refractivity contribution in [3.05, 3.63) is 47.7 Å². The fourth-order valence-electron chi connectivity index (χ4n) is 1.72. The monoisotopic (exact) mass is 312 g/mol. The first-order valence-electron chi connectivity index (χ1n) is 5.69. The highest BCUT2D eigenvalue weighted by Gasteiger charge is 2.03. The lowest BCUT2D eigenvalue weighted by Gasteiger charge is -2.06. The molecule has 0 saturated carbocycles. The number of aliphatic imine (C=N–C) groups is 1. The van der Waals surface area contributed by atoms with Gasteiger partial charge < -0.3 is 11.5 Å². The van der Waals surface area contributed by atoms with Crippen molar-refractivity contribution >= 4 is 36.5 Å². The Morgan fingerprint density at radius 2 is 1.75 bits per heavy atom. The number of nitrogens with two attached hydrogens (primary N) is 2. The van der Waals surface area contributed by atoms with Gasteiger partial charge in [-0.1, -0.05) is 12.1 Å². The third kappa shape index (κ3) is 4.40. The standard InChI is InChI=1S/C14H16N4.2ClH/c1-9-5-6-17-13(7-9)11-4-3-10(2)12(8-11)18-14(15)16;;/h3-8H,1-2H3,(H4,15,16,18);2*1H. The van der Waals surface area contributed by atoms with Crippen LogP contribution in [0.5, 0.6) is 0 Å². The fourth-order valence-corrected chi connectivity index (χ4v) is 1.72. The van der Waals surface area contributed by atoms with Crippen LogP contribution >= 0.6 is 24.8 Å². The summed E-state index contributed by atoms with van der Waals surface area (Å²) < 4.78 is 0. The van der Waals surface area contributed by atoms with E-state index in [-0.39, 0.29) is 30.8 Å². The van der Waals surface area contributed by atoms with Crippen LogP contribution in [0.4, 0.5) is 5.69 Å². The van der Waals surface area contributed by atoms with E-state index < -0.39 is 0 Å². The molecule has 4 nitrogen and oxygen atoms in total. The molecule has 0 bridgehead atoms. The summed E-state index contributed by atoms with van der Waals surface area (Å²) in [6, 6.07) is 9.94. The maximum absolute atomic E-state index is 5.42. The highest BCUT2D eigenvalue weighted by molar-refractivity contribution is 5.85. The summed E-state index contributed by atoms with van der Waals surface area (Å²) in [6.07, 6.45) is 1.80. The third-order valence-corrected chi connectivity index (χ3v) is 2.67. The third-order valence-electron chi connectivity index (χ3n) is 2.67. The molecular formula is C14H18Cl2N4. The first-order valence-corrected chi connectivity index (χ1v) is 5.69. The lowest BCUT2D eigenvalue weighted by atomic mass is 10.1. The summed E-state index contributed by atoms with van der Waals surface area (Å²) in [5.41, 5.74) is 15.7. The van der Waals surface area contributed by atoms with Crippen LogP contribution in [-0.4, -0.2) is 10.9 Å². The van der Waals surface area contributed by atoms with Crippen LogP contribution in [0.1, 0.15) is 11.1 Å². The van der Waals surface area contributed by atoms with Gasteiger partial charge in [0.15, 0.2) is 5.96 Å². The number of aromatic nitrogens is 1. The van der Waals surface area contributed by atoms with Gasteiger partial charge >= 0.3 is 0 Å². The summed E-state index contributed by atoms with van der Waals surface area (Å²) >= 11 is 0. The van der Waals surface area contributed by atoms with Gasteiger partial charge in [0.25, 0.3) is 0 Å². The van der Waals surface area contributed by atoms with Crippen LogP contribution in [0.15, 0.2) is 41.5 Å². The maximum Gasteiger partial charge on any atom is 0.191 e. The van der Waals surface area contributed by atoms with E-state index in [1.165, 1.54) is 5.56 Å². The van der Waals surface area contributed by atoms with Crippen molar-refractivity contribution in [2.75, 3.05) is 0 Å². The predicted octanol–water partition coefficient (Wildman–Crippen LogP) is 3.11. The minimum Gasteiger partial charge on any atom is -0.370 e. The minimum absolute atomic E-state index is 0. The number of hydrogen-bond acceptors (Lipinski definition) is 2. The van der Waals surface area contributed by atoms with Crippen LogP contribution in [0.25, 0.3) is 11.3 Å². The van der Waals surface area contributed by atoms with E-state index in [0.717, 1.165) is 22.5 Å². The van der Waals surface area contributed by atoms with Crippen LogP contribution in [-0.2, 0) is 0 Å². The molecule has 0 fully saturated rings. The molecule has 0 amide bonds. The minimum atomic E-state index is 0. The molecule has 1 aromatic carbocycles. The Balaban J connectivity index is 0.00000180. The second kappa shape index (κ2) is 7.72. The topological polar surface area (TPSA) is 77.3 Å². The molecule has 2 aromatic rings. The van der Waals surface area contributed by atoms with Crippen molar-refractivity contribution in [3.63, 3.8) is 0 Å². The number of aryl methyl sites for hydroxylation is 2. The Labute approximate surface area is 131 Å². The molecule has 1 aromatic heterocycles. The second-order valence-corrected chi connectivity index (χ2v) is 4.26. The number of benzene rings is 1. The molecule has 0 radical (unpaired) electrons. The average molecular weight is 313 g/mol. The molecule has 108 valence electrons. The van der Waals surface area contributed by atoms with Crippen LogP contribution in [0.2, 0.25) is 0 Å². The summed E-state index contributed by atoms with van der Waals surface area (Å²) in [6.45, 7) is 4.01. The molecule has 0 saturated heterocycles. The number of guanidine groups is 1. The molecule has 0 aliphatic carbocycles. The van der Waals surface area contributed by atoms with E-state index in [9.17, 15) is 0 Å². The molecule has 0 unspecified atom stereocenters. The summed E-state index contributed by atoms with van der Waals surface area (Å²) in [4.78, 5) is 8.46. The molecule has 0 spiro atoms. The number of hydrogen-bond donors (Lipinski definition) is 2. The second-order valence-electron chi connectivity index (χ2n) is 4.26. The first kappa shape index (κ1) is 18.2. The van der Waals surface area contributed by atoms with Gasteiger partial charge in [0.1, 0.15) is 0 Å². The Hall–Kier alpha value is -1.78. The van der Waals surface area contributed by atoms with E-state index in [2.05, 4.69) is 9.98 Å². The molecule has 4 N–H and O–H groups in total. The highest BCUT2D eigenvalue weighted by atomic mass is 35.5. The van der Waals surface area contributed by atoms with Gasteiger partial charge in [0.2, 0.25) is 0 Å². The van der Waals surface area contributed by atoms with Gasteiger partial charge in [-0.25, -0.2) is 4.99 Å². The van der Waals surface area contributed by atoms with Gasteiger partial charge in [-0.05, 0) is 43.2 Å². The van der Waals surface area contributed by atoms with Gasteiger partial charge in [-0.3, -0.25) is 4.98 Å². The summed E-state index contributed by atoms with van der Waals surface area (Å²) in [5, 5.41) is 0. The summed E-state index contributed by atoms with van der Waals surface area (Å²) in [7, 11) is 0. The largest absolute Gasteiger partial charge is 0.370 e.